The molecule has 3 aromatic carbocycles. The number of carbonyl (C=O) groups excluding carboxylic acids is 1. The zero-order valence-electron chi connectivity index (χ0n) is 20.9. The van der Waals surface area contributed by atoms with Crippen LogP contribution in [0.2, 0.25) is 0 Å². The van der Waals surface area contributed by atoms with Crippen LogP contribution in [0, 0.1) is 6.92 Å². The fourth-order valence-electron chi connectivity index (χ4n) is 4.95. The lowest BCUT2D eigenvalue weighted by Gasteiger charge is -2.34. The van der Waals surface area contributed by atoms with Crippen molar-refractivity contribution in [3.05, 3.63) is 72.6 Å². The van der Waals surface area contributed by atoms with Crippen LogP contribution in [-0.2, 0) is 14.8 Å². The number of carbonyl (C=O) groups is 1. The van der Waals surface area contributed by atoms with Crippen molar-refractivity contribution in [1.29, 1.82) is 0 Å². The third kappa shape index (κ3) is 4.75. The van der Waals surface area contributed by atoms with Crippen molar-refractivity contribution in [1.82, 2.24) is 19.3 Å². The van der Waals surface area contributed by atoms with E-state index in [1.807, 2.05) is 54.6 Å². The first kappa shape index (κ1) is 24.5. The molecule has 3 heterocycles. The topological polar surface area (TPSA) is 109 Å². The molecule has 2 aliphatic rings. The molecule has 1 atom stereocenters. The largest absolute Gasteiger partial charge is 0.443 e. The van der Waals surface area contributed by atoms with E-state index in [1.165, 1.54) is 4.31 Å². The van der Waals surface area contributed by atoms with E-state index >= 15 is 0 Å². The number of sulfonamides is 1. The van der Waals surface area contributed by atoms with Crippen LogP contribution in [-0.4, -0.2) is 79.2 Å². The first-order valence-corrected chi connectivity index (χ1v) is 13.9. The van der Waals surface area contributed by atoms with E-state index in [0.29, 0.717) is 55.9 Å². The van der Waals surface area contributed by atoms with Crippen molar-refractivity contribution < 1.29 is 22.5 Å². The summed E-state index contributed by atoms with van der Waals surface area (Å²) in [6.45, 7) is 4.61. The number of rotatable bonds is 6. The zero-order chi connectivity index (χ0) is 26.3. The van der Waals surface area contributed by atoms with Crippen LogP contribution in [0.25, 0.3) is 22.2 Å². The SMILES string of the molecule is Cc1nc(-c2ccc(N3CC(CN4CCN(S(=O)(=O)c5ccc6ccccc6c5)CC4)OC3=O)cc2)no1. The molecule has 0 bridgehead atoms. The monoisotopic (exact) mass is 533 g/mol. The van der Waals surface area contributed by atoms with Crippen molar-refractivity contribution in [2.75, 3.05) is 44.2 Å². The molecule has 2 saturated heterocycles. The molecule has 2 fully saturated rings. The number of cyclic esters (lactones) is 1. The van der Waals surface area contributed by atoms with Gasteiger partial charge in [-0.3, -0.25) is 9.80 Å². The normalized spacial score (nSPS) is 19.2. The lowest BCUT2D eigenvalue weighted by atomic mass is 10.1. The summed E-state index contributed by atoms with van der Waals surface area (Å²) in [4.78, 5) is 20.9. The molecule has 4 aromatic rings. The van der Waals surface area contributed by atoms with Crippen LogP contribution in [0.1, 0.15) is 5.89 Å². The Morgan fingerprint density at radius 3 is 2.39 bits per heavy atom. The van der Waals surface area contributed by atoms with Crippen LogP contribution in [0.5, 0.6) is 0 Å². The predicted molar refractivity (Wildman–Crippen MR) is 141 cm³/mol. The molecule has 11 heteroatoms. The Labute approximate surface area is 220 Å². The number of hydrogen-bond acceptors (Lipinski definition) is 8. The van der Waals surface area contributed by atoms with Gasteiger partial charge in [-0.15, -0.1) is 0 Å². The van der Waals surface area contributed by atoms with E-state index < -0.39 is 16.1 Å². The van der Waals surface area contributed by atoms with Crippen molar-refractivity contribution in [3.8, 4) is 11.4 Å². The number of fused-ring (bicyclic) bond motifs is 1. The van der Waals surface area contributed by atoms with Gasteiger partial charge in [0.2, 0.25) is 21.7 Å². The number of amides is 1. The maximum Gasteiger partial charge on any atom is 0.414 e. The number of piperazine rings is 1. The van der Waals surface area contributed by atoms with Gasteiger partial charge in [-0.05, 0) is 47.2 Å². The highest BCUT2D eigenvalue weighted by Gasteiger charge is 2.35. The first-order chi connectivity index (χ1) is 18.4. The maximum absolute atomic E-state index is 13.3. The van der Waals surface area contributed by atoms with Gasteiger partial charge in [-0.1, -0.05) is 35.5 Å². The molecule has 1 amide bonds. The number of hydrogen-bond donors (Lipinski definition) is 0. The van der Waals surface area contributed by atoms with Crippen LogP contribution in [0.4, 0.5) is 10.5 Å². The molecular formula is C27H27N5O5S. The second-order valence-electron chi connectivity index (χ2n) is 9.51. The Balaban J connectivity index is 1.05. The Morgan fingerprint density at radius 2 is 1.68 bits per heavy atom. The number of ether oxygens (including phenoxy) is 1. The molecular weight excluding hydrogens is 506 g/mol. The number of benzene rings is 3. The summed E-state index contributed by atoms with van der Waals surface area (Å²) in [7, 11) is -3.58. The van der Waals surface area contributed by atoms with Crippen molar-refractivity contribution >= 4 is 32.6 Å². The average Bonchev–Trinajstić information content (AvgIpc) is 3.53. The second-order valence-corrected chi connectivity index (χ2v) is 11.5. The lowest BCUT2D eigenvalue weighted by Crippen LogP contribution is -2.50. The van der Waals surface area contributed by atoms with E-state index in [4.69, 9.17) is 9.26 Å². The van der Waals surface area contributed by atoms with Gasteiger partial charge in [0.15, 0.2) is 0 Å². The highest BCUT2D eigenvalue weighted by Crippen LogP contribution is 2.26. The fourth-order valence-corrected chi connectivity index (χ4v) is 6.41. The van der Waals surface area contributed by atoms with Gasteiger partial charge < -0.3 is 9.26 Å². The summed E-state index contributed by atoms with van der Waals surface area (Å²) < 4.78 is 38.7. The van der Waals surface area contributed by atoms with Gasteiger partial charge in [0, 0.05) is 50.9 Å². The van der Waals surface area contributed by atoms with Crippen LogP contribution in [0.3, 0.4) is 0 Å². The highest BCUT2D eigenvalue weighted by molar-refractivity contribution is 7.89. The van der Waals surface area contributed by atoms with Gasteiger partial charge in [-0.25, -0.2) is 13.2 Å². The quantitative estimate of drug-likeness (QED) is 0.370. The summed E-state index contributed by atoms with van der Waals surface area (Å²) in [5.41, 5.74) is 1.53. The Hall–Kier alpha value is -3.80. The Bertz CT molecular complexity index is 1580. The minimum absolute atomic E-state index is 0.300. The third-order valence-corrected chi connectivity index (χ3v) is 8.89. The summed E-state index contributed by atoms with van der Waals surface area (Å²) >= 11 is 0. The minimum Gasteiger partial charge on any atom is -0.443 e. The standard InChI is InChI=1S/C27H27N5O5S/c1-19-28-26(29-37-19)21-6-9-23(10-7-21)32-18-24(36-27(32)33)17-30-12-14-31(15-13-30)38(34,35)25-11-8-20-4-2-3-5-22(20)16-25/h2-11,16,24H,12-15,17-18H2,1H3. The molecule has 1 unspecified atom stereocenters. The van der Waals surface area contributed by atoms with Gasteiger partial charge >= 0.3 is 6.09 Å². The molecule has 0 saturated carbocycles. The van der Waals surface area contributed by atoms with Crippen molar-refractivity contribution in [3.63, 3.8) is 0 Å². The minimum atomic E-state index is -3.58. The van der Waals surface area contributed by atoms with Crippen molar-refractivity contribution in [2.45, 2.75) is 17.9 Å². The molecule has 0 radical (unpaired) electrons. The summed E-state index contributed by atoms with van der Waals surface area (Å²) in [6, 6.07) is 20.3. The molecule has 0 spiro atoms. The molecule has 10 nitrogen and oxygen atoms in total. The number of nitrogens with zero attached hydrogens (tertiary/aromatic N) is 5. The molecule has 6 rings (SSSR count). The molecule has 0 N–H and O–H groups in total. The molecule has 0 aliphatic carbocycles. The number of aryl methyl sites for hydroxylation is 1. The zero-order valence-corrected chi connectivity index (χ0v) is 21.7. The number of aromatic nitrogens is 2. The van der Waals surface area contributed by atoms with E-state index in [2.05, 4.69) is 15.0 Å². The van der Waals surface area contributed by atoms with Crippen LogP contribution in [0.15, 0.2) is 76.1 Å². The fraction of sp³-hybridized carbons (Fsp3) is 0.296. The highest BCUT2D eigenvalue weighted by atomic mass is 32.2. The van der Waals surface area contributed by atoms with E-state index in [1.54, 1.807) is 24.0 Å². The number of anilines is 1. The van der Waals surface area contributed by atoms with E-state index in [-0.39, 0.29) is 6.10 Å². The Kier molecular flexibility index (Phi) is 6.34. The van der Waals surface area contributed by atoms with E-state index in [0.717, 1.165) is 22.0 Å². The van der Waals surface area contributed by atoms with Crippen LogP contribution >= 0.6 is 0 Å². The smallest absolute Gasteiger partial charge is 0.414 e. The van der Waals surface area contributed by atoms with Gasteiger partial charge in [0.25, 0.3) is 0 Å². The summed E-state index contributed by atoms with van der Waals surface area (Å²) in [6.07, 6.45) is -0.693. The van der Waals surface area contributed by atoms with E-state index in [9.17, 15) is 13.2 Å². The van der Waals surface area contributed by atoms with Crippen LogP contribution < -0.4 is 4.90 Å². The first-order valence-electron chi connectivity index (χ1n) is 12.5. The summed E-state index contributed by atoms with van der Waals surface area (Å²) in [5.74, 6) is 0.986. The molecule has 38 heavy (non-hydrogen) atoms. The molecule has 196 valence electrons. The van der Waals surface area contributed by atoms with Gasteiger partial charge in [0.05, 0.1) is 11.4 Å². The third-order valence-electron chi connectivity index (χ3n) is 6.99. The van der Waals surface area contributed by atoms with Gasteiger partial charge in [0.1, 0.15) is 6.10 Å². The predicted octanol–water partition coefficient (Wildman–Crippen LogP) is 3.53. The lowest BCUT2D eigenvalue weighted by molar-refractivity contribution is 0.0937. The molecule has 2 aliphatic heterocycles. The summed E-state index contributed by atoms with van der Waals surface area (Å²) in [5, 5.41) is 5.83. The van der Waals surface area contributed by atoms with Gasteiger partial charge in [-0.2, -0.15) is 9.29 Å². The Morgan fingerprint density at radius 1 is 0.947 bits per heavy atom. The van der Waals surface area contributed by atoms with Crippen molar-refractivity contribution in [2.24, 2.45) is 0 Å². The second kappa shape index (κ2) is 9.82. The average molecular weight is 534 g/mol. The molecule has 1 aromatic heterocycles. The maximum atomic E-state index is 13.3.